The molecule has 110 valence electrons. The van der Waals surface area contributed by atoms with Gasteiger partial charge < -0.3 is 10.1 Å². The predicted octanol–water partition coefficient (Wildman–Crippen LogP) is 3.80. The first-order valence-electron chi connectivity index (χ1n) is 8.00. The van der Waals surface area contributed by atoms with Crippen molar-refractivity contribution in [3.63, 3.8) is 0 Å². The Morgan fingerprint density at radius 3 is 2.95 bits per heavy atom. The number of carboxylic acid groups (broad SMARTS) is 1. The second-order valence-electron chi connectivity index (χ2n) is 6.67. The number of hydrogen-bond donors (Lipinski definition) is 2. The fraction of sp³-hybridized carbons (Fsp3) is 0.500. The molecule has 4 rings (SSSR count). The van der Waals surface area contributed by atoms with Crippen LogP contribution in [0.4, 0.5) is 0 Å². The number of rotatable bonds is 3. The van der Waals surface area contributed by atoms with Crippen LogP contribution in [0.3, 0.4) is 0 Å². The lowest BCUT2D eigenvalue weighted by Crippen LogP contribution is -2.49. The summed E-state index contributed by atoms with van der Waals surface area (Å²) in [5.41, 5.74) is 5.08. The van der Waals surface area contributed by atoms with Gasteiger partial charge in [0.25, 0.3) is 0 Å². The summed E-state index contributed by atoms with van der Waals surface area (Å²) in [6, 6.07) is 6.50. The highest BCUT2D eigenvalue weighted by Crippen LogP contribution is 2.57. The number of fused-ring (bicyclic) bond motifs is 5. The Labute approximate surface area is 124 Å². The minimum atomic E-state index is -0.665. The summed E-state index contributed by atoms with van der Waals surface area (Å²) in [6.07, 6.45) is 5.72. The maximum absolute atomic E-state index is 11.4. The molecule has 2 N–H and O–H groups in total. The molecular formula is C18H21NO2. The summed E-state index contributed by atoms with van der Waals surface area (Å²) in [7, 11) is 0. The Balaban J connectivity index is 1.94. The van der Waals surface area contributed by atoms with Crippen LogP contribution in [0, 0.1) is 5.92 Å². The minimum absolute atomic E-state index is 0.122. The van der Waals surface area contributed by atoms with Crippen molar-refractivity contribution in [2.24, 2.45) is 5.92 Å². The normalized spacial score (nSPS) is 27.0. The average molecular weight is 283 g/mol. The van der Waals surface area contributed by atoms with E-state index in [9.17, 15) is 9.90 Å². The first kappa shape index (κ1) is 12.9. The highest BCUT2D eigenvalue weighted by atomic mass is 16.4. The zero-order chi connectivity index (χ0) is 14.6. The van der Waals surface area contributed by atoms with Crippen LogP contribution in [0.5, 0.6) is 0 Å². The fourth-order valence-corrected chi connectivity index (χ4v) is 4.67. The number of H-pyrrole nitrogens is 1. The van der Waals surface area contributed by atoms with Gasteiger partial charge in [0.15, 0.2) is 0 Å². The summed E-state index contributed by atoms with van der Waals surface area (Å²) in [5.74, 6) is -0.110. The van der Waals surface area contributed by atoms with Crippen LogP contribution in [0.25, 0.3) is 10.9 Å². The molecule has 21 heavy (non-hydrogen) atoms. The number of carbonyl (C=O) groups is 1. The molecule has 0 amide bonds. The van der Waals surface area contributed by atoms with Crippen LogP contribution in [-0.4, -0.2) is 16.1 Å². The molecule has 2 aromatic rings. The van der Waals surface area contributed by atoms with Gasteiger partial charge in [0.05, 0.1) is 6.42 Å². The summed E-state index contributed by atoms with van der Waals surface area (Å²) < 4.78 is 0. The van der Waals surface area contributed by atoms with Crippen molar-refractivity contribution in [2.45, 2.75) is 50.9 Å². The van der Waals surface area contributed by atoms with Gasteiger partial charge in [-0.3, -0.25) is 4.79 Å². The number of aromatic amines is 1. The van der Waals surface area contributed by atoms with Gasteiger partial charge in [-0.15, -0.1) is 0 Å². The number of aryl methyl sites for hydroxylation is 2. The molecule has 0 saturated heterocycles. The summed E-state index contributed by atoms with van der Waals surface area (Å²) in [4.78, 5) is 15.0. The lowest BCUT2D eigenvalue weighted by molar-refractivity contribution is -0.141. The number of aliphatic carboxylic acids is 1. The lowest BCUT2D eigenvalue weighted by atomic mass is 9.52. The largest absolute Gasteiger partial charge is 0.481 e. The van der Waals surface area contributed by atoms with Crippen molar-refractivity contribution in [3.05, 3.63) is 35.0 Å². The van der Waals surface area contributed by atoms with Crippen molar-refractivity contribution >= 4 is 16.9 Å². The van der Waals surface area contributed by atoms with Crippen LogP contribution in [0.1, 0.15) is 49.4 Å². The lowest BCUT2D eigenvalue weighted by Gasteiger charge is -2.52. The van der Waals surface area contributed by atoms with E-state index in [1.807, 2.05) is 0 Å². The highest BCUT2D eigenvalue weighted by Gasteiger charge is 2.53. The molecule has 2 aliphatic carbocycles. The van der Waals surface area contributed by atoms with Gasteiger partial charge in [-0.05, 0) is 49.1 Å². The zero-order valence-corrected chi connectivity index (χ0v) is 12.4. The zero-order valence-electron chi connectivity index (χ0n) is 12.4. The van der Waals surface area contributed by atoms with Crippen LogP contribution in [0.15, 0.2) is 18.2 Å². The van der Waals surface area contributed by atoms with Crippen molar-refractivity contribution in [2.75, 3.05) is 0 Å². The number of nitrogens with one attached hydrogen (secondary N) is 1. The molecule has 3 nitrogen and oxygen atoms in total. The molecule has 1 aromatic heterocycles. The number of para-hydroxylation sites is 1. The van der Waals surface area contributed by atoms with E-state index < -0.39 is 5.97 Å². The van der Waals surface area contributed by atoms with Gasteiger partial charge in [-0.2, -0.15) is 0 Å². The molecule has 1 heterocycles. The van der Waals surface area contributed by atoms with E-state index in [1.54, 1.807) is 0 Å². The molecule has 0 unspecified atom stereocenters. The van der Waals surface area contributed by atoms with E-state index in [4.69, 9.17) is 0 Å². The van der Waals surface area contributed by atoms with E-state index in [2.05, 4.69) is 30.1 Å². The van der Waals surface area contributed by atoms with Gasteiger partial charge >= 0.3 is 5.97 Å². The Morgan fingerprint density at radius 2 is 2.29 bits per heavy atom. The first-order valence-corrected chi connectivity index (χ1v) is 8.00. The molecule has 0 radical (unpaired) electrons. The standard InChI is InChI=1S/C18H21NO2/c1-2-11-4-3-5-13-14-7-6-12-8-9-18(12,10-15(20)21)17(14)19-16(11)13/h3-5,12,19H,2,6-10H2,1H3,(H,20,21)/t12-,18-/m1/s1. The monoisotopic (exact) mass is 283 g/mol. The Kier molecular flexibility index (Phi) is 2.69. The molecule has 1 aromatic carbocycles. The van der Waals surface area contributed by atoms with E-state index >= 15 is 0 Å². The van der Waals surface area contributed by atoms with Gasteiger partial charge in [-0.25, -0.2) is 0 Å². The molecule has 0 aliphatic heterocycles. The van der Waals surface area contributed by atoms with Crippen molar-refractivity contribution in [1.82, 2.24) is 4.98 Å². The van der Waals surface area contributed by atoms with Gasteiger partial charge in [0.1, 0.15) is 0 Å². The highest BCUT2D eigenvalue weighted by molar-refractivity contribution is 5.88. The molecule has 3 heteroatoms. The first-order chi connectivity index (χ1) is 10.2. The molecule has 1 fully saturated rings. The van der Waals surface area contributed by atoms with Crippen LogP contribution < -0.4 is 0 Å². The number of aromatic nitrogens is 1. The quantitative estimate of drug-likeness (QED) is 0.900. The predicted molar refractivity (Wildman–Crippen MR) is 82.7 cm³/mol. The second-order valence-corrected chi connectivity index (χ2v) is 6.67. The smallest absolute Gasteiger partial charge is 0.304 e. The third-order valence-corrected chi connectivity index (χ3v) is 5.84. The Bertz CT molecular complexity index is 730. The van der Waals surface area contributed by atoms with Crippen LogP contribution in [0.2, 0.25) is 0 Å². The molecule has 1 saturated carbocycles. The van der Waals surface area contributed by atoms with Crippen molar-refractivity contribution < 1.29 is 9.90 Å². The van der Waals surface area contributed by atoms with E-state index in [1.165, 1.54) is 34.1 Å². The van der Waals surface area contributed by atoms with Gasteiger partial charge in [0, 0.05) is 22.0 Å². The molecule has 2 atom stereocenters. The average Bonchev–Trinajstić information content (AvgIpc) is 2.82. The third kappa shape index (κ3) is 1.63. The summed E-state index contributed by atoms with van der Waals surface area (Å²) >= 11 is 0. The second kappa shape index (κ2) is 4.36. The van der Waals surface area contributed by atoms with Crippen LogP contribution >= 0.6 is 0 Å². The minimum Gasteiger partial charge on any atom is -0.481 e. The Morgan fingerprint density at radius 1 is 1.43 bits per heavy atom. The van der Waals surface area contributed by atoms with Crippen molar-refractivity contribution in [1.29, 1.82) is 0 Å². The molecule has 0 bridgehead atoms. The molecular weight excluding hydrogens is 262 g/mol. The van der Waals surface area contributed by atoms with Crippen molar-refractivity contribution in [3.8, 4) is 0 Å². The molecule has 2 aliphatic rings. The third-order valence-electron chi connectivity index (χ3n) is 5.84. The SMILES string of the molecule is CCc1cccc2c3c([nH]c12)[C@@]1(CC(=O)O)CC[C@H]1CC3. The van der Waals surface area contributed by atoms with E-state index in [-0.39, 0.29) is 11.8 Å². The number of benzene rings is 1. The van der Waals surface area contributed by atoms with Gasteiger partial charge in [0.2, 0.25) is 0 Å². The van der Waals surface area contributed by atoms with Gasteiger partial charge in [-0.1, -0.05) is 25.1 Å². The number of carboxylic acids is 1. The van der Waals surface area contributed by atoms with E-state index in [0.29, 0.717) is 5.92 Å². The molecule has 0 spiro atoms. The number of hydrogen-bond acceptors (Lipinski definition) is 1. The maximum Gasteiger partial charge on any atom is 0.304 e. The van der Waals surface area contributed by atoms with Crippen LogP contribution in [-0.2, 0) is 23.1 Å². The maximum atomic E-state index is 11.4. The summed E-state index contributed by atoms with van der Waals surface area (Å²) in [5, 5.41) is 10.7. The Hall–Kier alpha value is -1.77. The van der Waals surface area contributed by atoms with E-state index in [0.717, 1.165) is 25.7 Å². The summed E-state index contributed by atoms with van der Waals surface area (Å²) in [6.45, 7) is 2.17. The fourth-order valence-electron chi connectivity index (χ4n) is 4.67. The topological polar surface area (TPSA) is 53.1 Å².